The highest BCUT2D eigenvalue weighted by Crippen LogP contribution is 2.40. The molecule has 0 saturated heterocycles. The van der Waals surface area contributed by atoms with Crippen LogP contribution in [0.15, 0.2) is 77.8 Å². The van der Waals surface area contributed by atoms with Crippen LogP contribution in [0.1, 0.15) is 95.2 Å². The minimum atomic E-state index is -3.73. The second-order valence-corrected chi connectivity index (χ2v) is 20.2. The van der Waals surface area contributed by atoms with Gasteiger partial charge in [-0.05, 0) is 146 Å². The first-order valence-corrected chi connectivity index (χ1v) is 25.5. The molecule has 0 saturated carbocycles. The number of sulfonamides is 2. The standard InChI is InChI=1S/C24H31N3O3S.C13H13NO.C11H18N2O2S/c1-2-27(17-18-8-4-3-5-9-18)14-15-31(29,30)26-24(28)25-23-21-12-6-10-19(21)16-20-11-7-13-22(20)23;15-8-14-13-11-5-1-3-9(11)7-10-4-2-6-12(10)13;1-2-13(8-9-16(12,14)15)10-11-6-4-3-5-7-11/h3-5,8-9,16H,2,6-7,10-15,17H2,1H3,(H2,25,26,28);7H,1-6H2;3-7H,2,8-10H2,1H3,(H2,12,14,15). The van der Waals surface area contributed by atoms with E-state index in [-0.39, 0.29) is 11.5 Å². The van der Waals surface area contributed by atoms with E-state index in [1.807, 2.05) is 74.5 Å². The van der Waals surface area contributed by atoms with Gasteiger partial charge in [0, 0.05) is 31.9 Å². The molecule has 62 heavy (non-hydrogen) atoms. The van der Waals surface area contributed by atoms with Crippen molar-refractivity contribution in [3.05, 3.63) is 128 Å². The highest BCUT2D eigenvalue weighted by molar-refractivity contribution is 7.90. The van der Waals surface area contributed by atoms with Crippen LogP contribution < -0.4 is 15.2 Å². The van der Waals surface area contributed by atoms with Crippen LogP contribution >= 0.6 is 0 Å². The quantitative estimate of drug-likeness (QED) is 0.0842. The summed E-state index contributed by atoms with van der Waals surface area (Å²) < 4.78 is 49.1. The Balaban J connectivity index is 0.000000173. The normalized spacial score (nSPS) is 14.7. The van der Waals surface area contributed by atoms with Gasteiger partial charge in [0.05, 0.1) is 17.2 Å². The minimum Gasteiger partial charge on any atom is -0.307 e. The summed E-state index contributed by atoms with van der Waals surface area (Å²) in [6.07, 6.45) is 14.7. The number of hydrogen-bond acceptors (Lipinski definition) is 9. The second-order valence-electron chi connectivity index (χ2n) is 16.6. The second kappa shape index (κ2) is 22.1. The van der Waals surface area contributed by atoms with E-state index in [1.165, 1.54) is 62.9 Å². The van der Waals surface area contributed by atoms with Gasteiger partial charge in [0.1, 0.15) is 0 Å². The minimum absolute atomic E-state index is 0.00761. The predicted molar refractivity (Wildman–Crippen MR) is 247 cm³/mol. The number of nitrogens with zero attached hydrogens (tertiary/aromatic N) is 3. The van der Waals surface area contributed by atoms with Gasteiger partial charge in [-0.3, -0.25) is 9.80 Å². The van der Waals surface area contributed by atoms with Gasteiger partial charge in [0.2, 0.25) is 26.1 Å². The largest absolute Gasteiger partial charge is 0.332 e. The van der Waals surface area contributed by atoms with Gasteiger partial charge in [-0.2, -0.15) is 4.99 Å². The zero-order valence-electron chi connectivity index (χ0n) is 36.3. The molecule has 0 aliphatic heterocycles. The smallest absolute Gasteiger partial charge is 0.307 e. The van der Waals surface area contributed by atoms with E-state index in [0.29, 0.717) is 19.6 Å². The number of nitrogens with two attached hydrogens (primary N) is 1. The van der Waals surface area contributed by atoms with Gasteiger partial charge in [-0.25, -0.2) is 36.3 Å². The number of rotatable bonds is 15. The summed E-state index contributed by atoms with van der Waals surface area (Å²) in [5, 5.41) is 7.87. The number of anilines is 1. The molecule has 0 unspecified atom stereocenters. The Labute approximate surface area is 368 Å². The van der Waals surface area contributed by atoms with Crippen LogP contribution in [0.25, 0.3) is 0 Å². The molecule has 0 radical (unpaired) electrons. The van der Waals surface area contributed by atoms with Crippen LogP contribution in [0.4, 0.5) is 16.2 Å². The van der Waals surface area contributed by atoms with E-state index in [4.69, 9.17) is 5.14 Å². The first-order valence-electron chi connectivity index (χ1n) is 22.1. The molecule has 0 aromatic heterocycles. The van der Waals surface area contributed by atoms with E-state index in [1.54, 1.807) is 6.08 Å². The van der Waals surface area contributed by atoms with Gasteiger partial charge in [-0.15, -0.1) is 0 Å². The van der Waals surface area contributed by atoms with Gasteiger partial charge in [0.25, 0.3) is 0 Å². The lowest BCUT2D eigenvalue weighted by Crippen LogP contribution is -2.39. The third kappa shape index (κ3) is 13.2. The molecule has 4 aliphatic rings. The predicted octanol–water partition coefficient (Wildman–Crippen LogP) is 7.07. The van der Waals surface area contributed by atoms with Crippen LogP contribution in [0.5, 0.6) is 0 Å². The number of urea groups is 1. The molecular weight excluding hydrogens is 821 g/mol. The summed E-state index contributed by atoms with van der Waals surface area (Å²) in [5.41, 5.74) is 14.6. The summed E-state index contributed by atoms with van der Waals surface area (Å²) in [6.45, 7) is 7.84. The Morgan fingerprint density at radius 3 is 1.48 bits per heavy atom. The van der Waals surface area contributed by atoms with Gasteiger partial charge in [0.15, 0.2) is 0 Å². The number of carbonyl (C=O) groups excluding carboxylic acids is 2. The van der Waals surface area contributed by atoms with E-state index in [2.05, 4.69) is 37.0 Å². The first-order chi connectivity index (χ1) is 29.9. The summed E-state index contributed by atoms with van der Waals surface area (Å²) in [7, 11) is -7.09. The van der Waals surface area contributed by atoms with E-state index >= 15 is 0 Å². The molecule has 0 spiro atoms. The van der Waals surface area contributed by atoms with Crippen molar-refractivity contribution in [2.45, 2.75) is 104 Å². The van der Waals surface area contributed by atoms with Crippen molar-refractivity contribution in [3.8, 4) is 0 Å². The molecule has 8 rings (SSSR count). The lowest BCUT2D eigenvalue weighted by molar-refractivity contribution is 0.256. The Morgan fingerprint density at radius 2 is 1.06 bits per heavy atom. The highest BCUT2D eigenvalue weighted by Gasteiger charge is 2.27. The van der Waals surface area contributed by atoms with Crippen LogP contribution in [0, 0.1) is 0 Å². The summed E-state index contributed by atoms with van der Waals surface area (Å²) in [4.78, 5) is 31.2. The Bertz CT molecular complexity index is 2370. The fourth-order valence-electron chi connectivity index (χ4n) is 9.15. The van der Waals surface area contributed by atoms with Crippen LogP contribution in [-0.2, 0) is 89.3 Å². The van der Waals surface area contributed by atoms with Gasteiger partial charge < -0.3 is 5.32 Å². The number of hydrogen-bond donors (Lipinski definition) is 3. The van der Waals surface area contributed by atoms with Crippen molar-refractivity contribution in [1.82, 2.24) is 14.5 Å². The van der Waals surface area contributed by atoms with Gasteiger partial charge >= 0.3 is 6.03 Å². The van der Waals surface area contributed by atoms with E-state index in [0.717, 1.165) is 101 Å². The highest BCUT2D eigenvalue weighted by atomic mass is 32.2. The molecule has 0 bridgehead atoms. The lowest BCUT2D eigenvalue weighted by Gasteiger charge is -2.21. The molecule has 0 fully saturated rings. The first kappa shape index (κ1) is 46.8. The summed E-state index contributed by atoms with van der Waals surface area (Å²) >= 11 is 0. The molecule has 14 heteroatoms. The molecule has 4 aromatic rings. The number of fused-ring (bicyclic) bond motifs is 4. The average Bonchev–Trinajstić information content (AvgIpc) is 4.10. The molecule has 4 aliphatic carbocycles. The maximum absolute atomic E-state index is 12.6. The molecule has 4 N–H and O–H groups in total. The van der Waals surface area contributed by atoms with E-state index in [9.17, 15) is 26.4 Å². The van der Waals surface area contributed by atoms with Crippen molar-refractivity contribution < 1.29 is 26.4 Å². The topological polar surface area (TPSA) is 171 Å². The molecule has 332 valence electrons. The lowest BCUT2D eigenvalue weighted by atomic mass is 9.99. The molecule has 0 atom stereocenters. The number of primary sulfonamides is 1. The third-order valence-electron chi connectivity index (χ3n) is 12.3. The zero-order chi connectivity index (χ0) is 44.1. The fraction of sp³-hybridized carbons (Fsp3) is 0.458. The monoisotopic (exact) mass is 882 g/mol. The number of isocyanates is 1. The van der Waals surface area contributed by atoms with Crippen LogP contribution in [0.3, 0.4) is 0 Å². The summed E-state index contributed by atoms with van der Waals surface area (Å²) in [6, 6.07) is 23.9. The third-order valence-corrected chi connectivity index (χ3v) is 14.3. The van der Waals surface area contributed by atoms with Crippen molar-refractivity contribution >= 4 is 43.5 Å². The van der Waals surface area contributed by atoms with Crippen molar-refractivity contribution in [2.75, 3.05) is 43.0 Å². The van der Waals surface area contributed by atoms with Crippen molar-refractivity contribution in [2.24, 2.45) is 10.1 Å². The van der Waals surface area contributed by atoms with Crippen molar-refractivity contribution in [3.63, 3.8) is 0 Å². The van der Waals surface area contributed by atoms with E-state index < -0.39 is 26.1 Å². The number of aryl methyl sites for hydroxylation is 4. The van der Waals surface area contributed by atoms with Crippen LogP contribution in [0.2, 0.25) is 0 Å². The Hall–Kier alpha value is -4.69. The molecule has 4 aromatic carbocycles. The number of aliphatic imine (C=N–C) groups is 1. The van der Waals surface area contributed by atoms with Gasteiger partial charge in [-0.1, -0.05) is 86.6 Å². The maximum atomic E-state index is 12.6. The molecule has 12 nitrogen and oxygen atoms in total. The molecule has 2 amide bonds. The maximum Gasteiger partial charge on any atom is 0.332 e. The fourth-order valence-corrected chi connectivity index (χ4v) is 10.6. The Morgan fingerprint density at radius 1 is 0.645 bits per heavy atom. The molecular formula is C48H62N6O6S2. The number of nitrogens with one attached hydrogen (secondary N) is 2. The average molecular weight is 883 g/mol. The van der Waals surface area contributed by atoms with Crippen LogP contribution in [-0.4, -0.2) is 76.4 Å². The number of benzene rings is 4. The van der Waals surface area contributed by atoms with Crippen molar-refractivity contribution in [1.29, 1.82) is 0 Å². The zero-order valence-corrected chi connectivity index (χ0v) is 37.9. The molecule has 0 heterocycles. The Kier molecular flexibility index (Phi) is 16.7. The number of carbonyl (C=O) groups is 1. The SMILES string of the molecule is CCN(CCS(=O)(=O)NC(=O)Nc1c2c(cc3c1CCC3)CCC2)Cc1ccccc1.CCN(CCS(N)(=O)=O)Cc1ccccc1.O=C=Nc1c2c(cc3c1CCC3)CCC2. The summed E-state index contributed by atoms with van der Waals surface area (Å²) in [5.74, 6) is -0.111. The number of amides is 2.